The lowest BCUT2D eigenvalue weighted by molar-refractivity contribution is -0.137. The van der Waals surface area contributed by atoms with Crippen LogP contribution < -0.4 is 0 Å². The molecule has 0 aliphatic carbocycles. The zero-order valence-corrected chi connectivity index (χ0v) is 10.3. The highest BCUT2D eigenvalue weighted by atomic mass is 16.4. The Hall–Kier alpha value is -1.64. The molecule has 3 heteroatoms. The molecule has 0 unspecified atom stereocenters. The van der Waals surface area contributed by atoms with Gasteiger partial charge in [0.2, 0.25) is 0 Å². The standard InChI is InChI=1S/C13H19NO2/c1-10(2)6-5-7-11(3)8-9-14-12(4)13(15)16/h5-9,12H,1-4H3,(H,15,16)/b7-5+,11-8+,14-9+/t12-/m0/s1. The molecule has 0 aromatic heterocycles. The van der Waals surface area contributed by atoms with Crippen LogP contribution >= 0.6 is 0 Å². The van der Waals surface area contributed by atoms with Gasteiger partial charge in [0.25, 0.3) is 0 Å². The molecule has 1 atom stereocenters. The number of hydrogen-bond acceptors (Lipinski definition) is 2. The normalized spacial score (nSPS) is 14.4. The fourth-order valence-electron chi connectivity index (χ4n) is 0.801. The third-order valence-electron chi connectivity index (χ3n) is 1.79. The van der Waals surface area contributed by atoms with Crippen molar-refractivity contribution < 1.29 is 9.90 Å². The zero-order chi connectivity index (χ0) is 12.6. The summed E-state index contributed by atoms with van der Waals surface area (Å²) in [6.07, 6.45) is 9.23. The number of allylic oxidation sites excluding steroid dienone is 6. The average molecular weight is 221 g/mol. The van der Waals surface area contributed by atoms with E-state index in [2.05, 4.69) is 4.99 Å². The van der Waals surface area contributed by atoms with Gasteiger partial charge in [0, 0.05) is 6.21 Å². The molecule has 0 rings (SSSR count). The molecule has 16 heavy (non-hydrogen) atoms. The van der Waals surface area contributed by atoms with Gasteiger partial charge in [-0.3, -0.25) is 4.99 Å². The largest absolute Gasteiger partial charge is 0.480 e. The molecule has 88 valence electrons. The van der Waals surface area contributed by atoms with E-state index in [4.69, 9.17) is 5.11 Å². The number of carboxylic acids is 1. The summed E-state index contributed by atoms with van der Waals surface area (Å²) in [5.41, 5.74) is 2.26. The zero-order valence-electron chi connectivity index (χ0n) is 10.3. The smallest absolute Gasteiger partial charge is 0.328 e. The number of aliphatic imine (C=N–C) groups is 1. The van der Waals surface area contributed by atoms with Gasteiger partial charge in [-0.2, -0.15) is 0 Å². The van der Waals surface area contributed by atoms with E-state index in [-0.39, 0.29) is 0 Å². The van der Waals surface area contributed by atoms with E-state index >= 15 is 0 Å². The van der Waals surface area contributed by atoms with Crippen molar-refractivity contribution in [1.29, 1.82) is 0 Å². The van der Waals surface area contributed by atoms with Gasteiger partial charge in [0.15, 0.2) is 0 Å². The van der Waals surface area contributed by atoms with Gasteiger partial charge in [-0.25, -0.2) is 4.79 Å². The van der Waals surface area contributed by atoms with E-state index in [0.29, 0.717) is 0 Å². The van der Waals surface area contributed by atoms with Gasteiger partial charge in [-0.1, -0.05) is 23.8 Å². The maximum Gasteiger partial charge on any atom is 0.328 e. The lowest BCUT2D eigenvalue weighted by Gasteiger charge is -1.95. The van der Waals surface area contributed by atoms with Gasteiger partial charge < -0.3 is 5.11 Å². The Bertz CT molecular complexity index is 345. The highest BCUT2D eigenvalue weighted by Crippen LogP contribution is 1.96. The monoisotopic (exact) mass is 221 g/mol. The van der Waals surface area contributed by atoms with Gasteiger partial charge in [0.1, 0.15) is 6.04 Å². The molecule has 0 radical (unpaired) electrons. The minimum Gasteiger partial charge on any atom is -0.480 e. The molecule has 0 aliphatic rings. The van der Waals surface area contributed by atoms with Gasteiger partial charge in [0.05, 0.1) is 0 Å². The Balaban J connectivity index is 4.30. The summed E-state index contributed by atoms with van der Waals surface area (Å²) in [4.78, 5) is 14.3. The number of hydrogen-bond donors (Lipinski definition) is 1. The second kappa shape index (κ2) is 7.63. The second-order valence-electron chi connectivity index (χ2n) is 3.83. The van der Waals surface area contributed by atoms with E-state index in [0.717, 1.165) is 5.57 Å². The van der Waals surface area contributed by atoms with Crippen LogP contribution in [0.25, 0.3) is 0 Å². The third-order valence-corrected chi connectivity index (χ3v) is 1.79. The number of aliphatic carboxylic acids is 1. The second-order valence-corrected chi connectivity index (χ2v) is 3.83. The van der Waals surface area contributed by atoms with Crippen LogP contribution in [0.4, 0.5) is 0 Å². The number of rotatable bonds is 5. The lowest BCUT2D eigenvalue weighted by atomic mass is 10.2. The number of nitrogens with zero attached hydrogens (tertiary/aromatic N) is 1. The minimum absolute atomic E-state index is 0.689. The van der Waals surface area contributed by atoms with Gasteiger partial charge >= 0.3 is 5.97 Å². The molecule has 0 aromatic carbocycles. The third kappa shape index (κ3) is 7.74. The Morgan fingerprint density at radius 3 is 2.38 bits per heavy atom. The summed E-state index contributed by atoms with van der Waals surface area (Å²) < 4.78 is 0. The molecule has 1 N–H and O–H groups in total. The first kappa shape index (κ1) is 14.4. The summed E-state index contributed by atoms with van der Waals surface area (Å²) in [6.45, 7) is 7.53. The topological polar surface area (TPSA) is 49.7 Å². The Morgan fingerprint density at radius 2 is 1.88 bits per heavy atom. The van der Waals surface area contributed by atoms with Crippen LogP contribution in [0.5, 0.6) is 0 Å². The van der Waals surface area contributed by atoms with Crippen molar-refractivity contribution in [1.82, 2.24) is 0 Å². The van der Waals surface area contributed by atoms with Crippen LogP contribution in [-0.4, -0.2) is 23.3 Å². The molecule has 0 fully saturated rings. The SMILES string of the molecule is CC(C)=C/C=C/C(C)=C/C=N/[C@@H](C)C(=O)O. The Kier molecular flexibility index (Phi) is 6.84. The van der Waals surface area contributed by atoms with Crippen LogP contribution in [0.2, 0.25) is 0 Å². The quantitative estimate of drug-likeness (QED) is 0.573. The highest BCUT2D eigenvalue weighted by Gasteiger charge is 2.05. The lowest BCUT2D eigenvalue weighted by Crippen LogP contribution is -2.12. The molecular formula is C13H19NO2. The molecule has 0 heterocycles. The van der Waals surface area contributed by atoms with Crippen molar-refractivity contribution in [2.45, 2.75) is 33.7 Å². The maximum absolute atomic E-state index is 10.5. The molecule has 0 amide bonds. The minimum atomic E-state index is -0.914. The first-order valence-corrected chi connectivity index (χ1v) is 5.18. The first-order chi connectivity index (χ1) is 7.43. The molecule has 3 nitrogen and oxygen atoms in total. The predicted octanol–water partition coefficient (Wildman–Crippen LogP) is 3.00. The van der Waals surface area contributed by atoms with E-state index < -0.39 is 12.0 Å². The summed E-state index contributed by atoms with van der Waals surface area (Å²) >= 11 is 0. The molecule has 0 spiro atoms. The summed E-state index contributed by atoms with van der Waals surface area (Å²) in [6, 6.07) is -0.689. The molecule has 0 bridgehead atoms. The van der Waals surface area contributed by atoms with E-state index in [9.17, 15) is 4.79 Å². The van der Waals surface area contributed by atoms with E-state index in [1.807, 2.05) is 39.0 Å². The molecular weight excluding hydrogens is 202 g/mol. The maximum atomic E-state index is 10.5. The van der Waals surface area contributed by atoms with Crippen LogP contribution in [-0.2, 0) is 4.79 Å². The van der Waals surface area contributed by atoms with Crippen molar-refractivity contribution in [3.8, 4) is 0 Å². The number of carbonyl (C=O) groups is 1. The Labute approximate surface area is 96.9 Å². The van der Waals surface area contributed by atoms with Crippen LogP contribution in [0.3, 0.4) is 0 Å². The summed E-state index contributed by atoms with van der Waals surface area (Å²) in [5, 5.41) is 8.59. The van der Waals surface area contributed by atoms with Crippen molar-refractivity contribution in [2.24, 2.45) is 4.99 Å². The molecule has 0 saturated carbocycles. The van der Waals surface area contributed by atoms with E-state index in [1.54, 1.807) is 13.0 Å². The van der Waals surface area contributed by atoms with Crippen molar-refractivity contribution in [3.05, 3.63) is 35.5 Å². The fourth-order valence-corrected chi connectivity index (χ4v) is 0.801. The predicted molar refractivity (Wildman–Crippen MR) is 67.9 cm³/mol. The fraction of sp³-hybridized carbons (Fsp3) is 0.385. The highest BCUT2D eigenvalue weighted by molar-refractivity contribution is 5.79. The first-order valence-electron chi connectivity index (χ1n) is 5.18. The van der Waals surface area contributed by atoms with Crippen molar-refractivity contribution in [2.75, 3.05) is 0 Å². The average Bonchev–Trinajstić information content (AvgIpc) is 2.16. The van der Waals surface area contributed by atoms with Crippen LogP contribution in [0.1, 0.15) is 27.7 Å². The van der Waals surface area contributed by atoms with Gasteiger partial charge in [-0.05, 0) is 39.3 Å². The number of carboxylic acid groups (broad SMARTS) is 1. The molecule has 0 saturated heterocycles. The van der Waals surface area contributed by atoms with E-state index in [1.165, 1.54) is 11.8 Å². The van der Waals surface area contributed by atoms with Crippen LogP contribution in [0.15, 0.2) is 40.4 Å². The Morgan fingerprint density at radius 1 is 1.25 bits per heavy atom. The summed E-state index contributed by atoms with van der Waals surface area (Å²) in [5.74, 6) is -0.914. The van der Waals surface area contributed by atoms with Crippen molar-refractivity contribution in [3.63, 3.8) is 0 Å². The molecule has 0 aromatic rings. The van der Waals surface area contributed by atoms with Crippen LogP contribution in [0, 0.1) is 0 Å². The van der Waals surface area contributed by atoms with Gasteiger partial charge in [-0.15, -0.1) is 0 Å². The molecule has 0 aliphatic heterocycles. The summed E-state index contributed by atoms with van der Waals surface area (Å²) in [7, 11) is 0. The van der Waals surface area contributed by atoms with Crippen molar-refractivity contribution >= 4 is 12.2 Å².